The number of piperidine rings is 1. The molecule has 2 heterocycles. The third-order valence-electron chi connectivity index (χ3n) is 5.04. The van der Waals surface area contributed by atoms with E-state index in [9.17, 15) is 14.4 Å². The Labute approximate surface area is 158 Å². The van der Waals surface area contributed by atoms with Crippen LogP contribution in [0.5, 0.6) is 5.75 Å². The Morgan fingerprint density at radius 2 is 2.07 bits per heavy atom. The third-order valence-corrected chi connectivity index (χ3v) is 5.04. The van der Waals surface area contributed by atoms with E-state index in [2.05, 4.69) is 5.32 Å². The molecule has 2 amide bonds. The molecule has 1 saturated heterocycles. The lowest BCUT2D eigenvalue weighted by Gasteiger charge is -2.33. The maximum atomic E-state index is 12.8. The zero-order chi connectivity index (χ0) is 19.6. The summed E-state index contributed by atoms with van der Waals surface area (Å²) >= 11 is 0. The second-order valence-electron chi connectivity index (χ2n) is 6.99. The predicted molar refractivity (Wildman–Crippen MR) is 98.6 cm³/mol. The number of nitrogens with two attached hydrogens (primary N) is 1. The van der Waals surface area contributed by atoms with Gasteiger partial charge >= 0.3 is 0 Å². The molecular weight excluding hydrogens is 350 g/mol. The smallest absolute Gasteiger partial charge is 0.265 e. The summed E-state index contributed by atoms with van der Waals surface area (Å²) in [6.07, 6.45) is 0.619. The number of carbonyl (C=O) groups is 3. The minimum Gasteiger partial charge on any atom is -0.479 e. The van der Waals surface area contributed by atoms with Crippen LogP contribution in [0.25, 0.3) is 0 Å². The Hall–Kier alpha value is -2.45. The molecule has 8 heteroatoms. The fourth-order valence-electron chi connectivity index (χ4n) is 3.45. The van der Waals surface area contributed by atoms with Crippen LogP contribution >= 0.6 is 0 Å². The molecule has 0 aromatic heterocycles. The number of likely N-dealkylation sites (tertiary alicyclic amines) is 1. The van der Waals surface area contributed by atoms with Crippen molar-refractivity contribution in [3.05, 3.63) is 23.8 Å². The Morgan fingerprint density at radius 3 is 2.74 bits per heavy atom. The van der Waals surface area contributed by atoms with Crippen LogP contribution in [0.3, 0.4) is 0 Å². The van der Waals surface area contributed by atoms with Crippen molar-refractivity contribution in [2.24, 2.45) is 11.7 Å². The molecule has 2 aliphatic heterocycles. The number of amides is 2. The maximum Gasteiger partial charge on any atom is 0.265 e. The molecular formula is C19H25N3O5. The number of hydrogen-bond donors (Lipinski definition) is 2. The van der Waals surface area contributed by atoms with E-state index in [1.54, 1.807) is 30.0 Å². The summed E-state index contributed by atoms with van der Waals surface area (Å²) in [7, 11) is 1.50. The number of methoxy groups -OCH3 is 1. The fraction of sp³-hybridized carbons (Fsp3) is 0.526. The molecule has 1 aromatic carbocycles. The lowest BCUT2D eigenvalue weighted by atomic mass is 9.88. The number of anilines is 1. The van der Waals surface area contributed by atoms with Crippen molar-refractivity contribution < 1.29 is 23.9 Å². The second kappa shape index (κ2) is 8.06. The molecule has 0 bridgehead atoms. The molecule has 2 aliphatic rings. The van der Waals surface area contributed by atoms with E-state index in [0.29, 0.717) is 42.9 Å². The molecule has 1 aromatic rings. The highest BCUT2D eigenvalue weighted by molar-refractivity contribution is 6.02. The SMILES string of the molecule is COCC(N)C(=O)N1CCC(C(=O)c2ccc3c(c2)NC(=O)C(C)O3)CC1. The predicted octanol–water partition coefficient (Wildman–Crippen LogP) is 0.801. The average molecular weight is 375 g/mol. The van der Waals surface area contributed by atoms with Crippen LogP contribution in [0.1, 0.15) is 30.1 Å². The minimum atomic E-state index is -0.672. The van der Waals surface area contributed by atoms with Crippen molar-refractivity contribution in [2.45, 2.75) is 31.9 Å². The van der Waals surface area contributed by atoms with E-state index in [0.717, 1.165) is 0 Å². The molecule has 0 spiro atoms. The average Bonchev–Trinajstić information content (AvgIpc) is 2.67. The summed E-state index contributed by atoms with van der Waals surface area (Å²) in [5.74, 6) is 0.0341. The summed E-state index contributed by atoms with van der Waals surface area (Å²) < 4.78 is 10.4. The number of benzene rings is 1. The summed E-state index contributed by atoms with van der Waals surface area (Å²) in [6, 6.07) is 4.42. The van der Waals surface area contributed by atoms with E-state index in [-0.39, 0.29) is 30.1 Å². The number of carbonyl (C=O) groups excluding carboxylic acids is 3. The van der Waals surface area contributed by atoms with Gasteiger partial charge in [-0.3, -0.25) is 14.4 Å². The van der Waals surface area contributed by atoms with Gasteiger partial charge in [0.25, 0.3) is 5.91 Å². The molecule has 2 unspecified atom stereocenters. The van der Waals surface area contributed by atoms with Gasteiger partial charge in [-0.2, -0.15) is 0 Å². The van der Waals surface area contributed by atoms with Gasteiger partial charge in [-0.15, -0.1) is 0 Å². The molecule has 8 nitrogen and oxygen atoms in total. The number of ether oxygens (including phenoxy) is 2. The van der Waals surface area contributed by atoms with Crippen molar-refractivity contribution in [3.8, 4) is 5.75 Å². The van der Waals surface area contributed by atoms with Gasteiger partial charge in [0.05, 0.1) is 12.3 Å². The summed E-state index contributed by atoms with van der Waals surface area (Å²) in [4.78, 5) is 38.5. The highest BCUT2D eigenvalue weighted by Gasteiger charge is 2.31. The molecule has 2 atom stereocenters. The number of fused-ring (bicyclic) bond motifs is 1. The van der Waals surface area contributed by atoms with Gasteiger partial charge in [-0.05, 0) is 38.0 Å². The fourth-order valence-corrected chi connectivity index (χ4v) is 3.45. The van der Waals surface area contributed by atoms with Crippen molar-refractivity contribution in [1.82, 2.24) is 4.90 Å². The van der Waals surface area contributed by atoms with E-state index < -0.39 is 12.1 Å². The van der Waals surface area contributed by atoms with Gasteiger partial charge in [-0.1, -0.05) is 0 Å². The van der Waals surface area contributed by atoms with Crippen LogP contribution < -0.4 is 15.8 Å². The summed E-state index contributed by atoms with van der Waals surface area (Å²) in [5.41, 5.74) is 6.85. The summed E-state index contributed by atoms with van der Waals surface area (Å²) in [5, 5.41) is 2.76. The van der Waals surface area contributed by atoms with Gasteiger partial charge in [0.2, 0.25) is 5.91 Å². The summed E-state index contributed by atoms with van der Waals surface area (Å²) in [6.45, 7) is 2.84. The van der Waals surface area contributed by atoms with Crippen molar-refractivity contribution in [2.75, 3.05) is 32.1 Å². The van der Waals surface area contributed by atoms with Crippen LogP contribution in [-0.2, 0) is 14.3 Å². The first-order chi connectivity index (χ1) is 12.9. The number of nitrogens with one attached hydrogen (secondary N) is 1. The van der Waals surface area contributed by atoms with Crippen molar-refractivity contribution in [3.63, 3.8) is 0 Å². The van der Waals surface area contributed by atoms with Crippen LogP contribution in [0, 0.1) is 5.92 Å². The largest absolute Gasteiger partial charge is 0.479 e. The zero-order valence-electron chi connectivity index (χ0n) is 15.6. The van der Waals surface area contributed by atoms with Gasteiger partial charge in [0, 0.05) is 31.7 Å². The van der Waals surface area contributed by atoms with Gasteiger partial charge in [0.15, 0.2) is 11.9 Å². The van der Waals surface area contributed by atoms with Gasteiger partial charge in [0.1, 0.15) is 11.8 Å². The molecule has 0 radical (unpaired) electrons. The highest BCUT2D eigenvalue weighted by Crippen LogP contribution is 2.32. The van der Waals surface area contributed by atoms with Gasteiger partial charge < -0.3 is 25.4 Å². The van der Waals surface area contributed by atoms with Crippen LogP contribution in [0.4, 0.5) is 5.69 Å². The normalized spacial score (nSPS) is 21.1. The molecule has 3 rings (SSSR count). The number of ketones is 1. The van der Waals surface area contributed by atoms with E-state index in [1.807, 2.05) is 0 Å². The first kappa shape index (κ1) is 19.3. The van der Waals surface area contributed by atoms with Crippen LogP contribution in [-0.4, -0.2) is 61.4 Å². The Balaban J connectivity index is 1.62. The maximum absolute atomic E-state index is 12.8. The monoisotopic (exact) mass is 375 g/mol. The highest BCUT2D eigenvalue weighted by atomic mass is 16.5. The van der Waals surface area contributed by atoms with Crippen LogP contribution in [0.15, 0.2) is 18.2 Å². The first-order valence-corrected chi connectivity index (χ1v) is 9.09. The zero-order valence-corrected chi connectivity index (χ0v) is 15.6. The van der Waals surface area contributed by atoms with Crippen LogP contribution in [0.2, 0.25) is 0 Å². The quantitative estimate of drug-likeness (QED) is 0.737. The van der Waals surface area contributed by atoms with Gasteiger partial charge in [-0.25, -0.2) is 0 Å². The Kier molecular flexibility index (Phi) is 5.76. The number of Topliss-reactive ketones (excluding diaryl/α,β-unsaturated/α-hetero) is 1. The number of rotatable bonds is 5. The second-order valence-corrected chi connectivity index (χ2v) is 6.99. The molecule has 1 fully saturated rings. The number of nitrogens with zero attached hydrogens (tertiary/aromatic N) is 1. The molecule has 27 heavy (non-hydrogen) atoms. The van der Waals surface area contributed by atoms with E-state index in [4.69, 9.17) is 15.2 Å². The van der Waals surface area contributed by atoms with Crippen molar-refractivity contribution >= 4 is 23.3 Å². The Bertz CT molecular complexity index is 743. The molecule has 3 N–H and O–H groups in total. The third kappa shape index (κ3) is 4.12. The van der Waals surface area contributed by atoms with Crippen molar-refractivity contribution in [1.29, 1.82) is 0 Å². The Morgan fingerprint density at radius 1 is 1.37 bits per heavy atom. The standard InChI is InChI=1S/C19H25N3O5/c1-11-18(24)21-15-9-13(3-4-16(15)27-11)17(23)12-5-7-22(8-6-12)19(25)14(20)10-26-2/h3-4,9,11-12,14H,5-8,10,20H2,1-2H3,(H,21,24). The number of hydrogen-bond acceptors (Lipinski definition) is 6. The lowest BCUT2D eigenvalue weighted by Crippen LogP contribution is -2.49. The van der Waals surface area contributed by atoms with E-state index in [1.165, 1.54) is 7.11 Å². The topological polar surface area (TPSA) is 111 Å². The lowest BCUT2D eigenvalue weighted by molar-refractivity contribution is -0.135. The minimum absolute atomic E-state index is 0.0129. The van der Waals surface area contributed by atoms with E-state index >= 15 is 0 Å². The first-order valence-electron chi connectivity index (χ1n) is 9.09. The molecule has 0 saturated carbocycles. The molecule has 146 valence electrons. The molecule has 0 aliphatic carbocycles.